The third-order valence-corrected chi connectivity index (χ3v) is 5.24. The van der Waals surface area contributed by atoms with E-state index in [0.29, 0.717) is 11.6 Å². The lowest BCUT2D eigenvalue weighted by Crippen LogP contribution is -2.40. The maximum Gasteiger partial charge on any atom is 0.273 e. The molecule has 0 radical (unpaired) electrons. The zero-order valence-corrected chi connectivity index (χ0v) is 15.7. The maximum absolute atomic E-state index is 12.5. The summed E-state index contributed by atoms with van der Waals surface area (Å²) in [4.78, 5) is 29.7. The molecule has 1 fully saturated rings. The molecule has 3 heterocycles. The largest absolute Gasteiger partial charge is 0.356 e. The first-order valence-corrected chi connectivity index (χ1v) is 9.30. The SMILES string of the molecule is CN(CC1CCN(c2ncnc3ccccc23)CC1)C(=O)c1cn(C)cn1. The number of anilines is 1. The number of piperidine rings is 1. The van der Waals surface area contributed by atoms with Crippen LogP contribution in [0.25, 0.3) is 10.9 Å². The lowest BCUT2D eigenvalue weighted by molar-refractivity contribution is 0.0759. The highest BCUT2D eigenvalue weighted by Gasteiger charge is 2.24. The smallest absolute Gasteiger partial charge is 0.273 e. The molecule has 0 atom stereocenters. The summed E-state index contributed by atoms with van der Waals surface area (Å²) in [7, 11) is 3.73. The Labute approximate surface area is 158 Å². The summed E-state index contributed by atoms with van der Waals surface area (Å²) in [5, 5.41) is 1.10. The number of aryl methyl sites for hydroxylation is 1. The zero-order valence-electron chi connectivity index (χ0n) is 15.7. The van der Waals surface area contributed by atoms with Crippen molar-refractivity contribution in [2.75, 3.05) is 31.6 Å². The molecule has 4 rings (SSSR count). The van der Waals surface area contributed by atoms with Crippen LogP contribution in [0.15, 0.2) is 43.1 Å². The number of nitrogens with zero attached hydrogens (tertiary/aromatic N) is 6. The van der Waals surface area contributed by atoms with Crippen molar-refractivity contribution in [1.82, 2.24) is 24.4 Å². The Kier molecular flexibility index (Phi) is 4.75. The van der Waals surface area contributed by atoms with Crippen LogP contribution in [0.3, 0.4) is 0 Å². The van der Waals surface area contributed by atoms with Gasteiger partial charge in [-0.25, -0.2) is 15.0 Å². The van der Waals surface area contributed by atoms with E-state index < -0.39 is 0 Å². The van der Waals surface area contributed by atoms with Crippen molar-refractivity contribution in [2.45, 2.75) is 12.8 Å². The molecule has 1 saturated heterocycles. The number of hydrogen-bond acceptors (Lipinski definition) is 5. The highest BCUT2D eigenvalue weighted by molar-refractivity contribution is 5.92. The first kappa shape index (κ1) is 17.5. The molecule has 140 valence electrons. The van der Waals surface area contributed by atoms with Gasteiger partial charge in [0, 0.05) is 45.3 Å². The van der Waals surface area contributed by atoms with Crippen molar-refractivity contribution in [2.24, 2.45) is 13.0 Å². The third-order valence-electron chi connectivity index (χ3n) is 5.24. The number of fused-ring (bicyclic) bond motifs is 1. The van der Waals surface area contributed by atoms with E-state index in [0.717, 1.165) is 49.2 Å². The van der Waals surface area contributed by atoms with Gasteiger partial charge in [0.15, 0.2) is 0 Å². The van der Waals surface area contributed by atoms with E-state index in [1.165, 1.54) is 0 Å². The van der Waals surface area contributed by atoms with Gasteiger partial charge >= 0.3 is 0 Å². The highest BCUT2D eigenvalue weighted by Crippen LogP contribution is 2.27. The Morgan fingerprint density at radius 1 is 1.19 bits per heavy atom. The molecule has 7 nitrogen and oxygen atoms in total. The zero-order chi connectivity index (χ0) is 18.8. The standard InChI is InChI=1S/C20H24N6O/c1-24-12-18(23-14-24)20(27)25(2)11-15-7-9-26(10-8-15)19-16-5-3-4-6-17(16)21-13-22-19/h3-6,12-15H,7-11H2,1-2H3. The topological polar surface area (TPSA) is 67.2 Å². The van der Waals surface area contributed by atoms with Gasteiger partial charge in [-0.05, 0) is 30.9 Å². The van der Waals surface area contributed by atoms with Gasteiger partial charge < -0.3 is 14.4 Å². The minimum Gasteiger partial charge on any atom is -0.356 e. The monoisotopic (exact) mass is 364 g/mol. The number of hydrogen-bond donors (Lipinski definition) is 0. The summed E-state index contributed by atoms with van der Waals surface area (Å²) in [6.45, 7) is 2.64. The lowest BCUT2D eigenvalue weighted by Gasteiger charge is -2.34. The van der Waals surface area contributed by atoms with E-state index >= 15 is 0 Å². The summed E-state index contributed by atoms with van der Waals surface area (Å²) in [5.41, 5.74) is 1.48. The van der Waals surface area contributed by atoms with Gasteiger partial charge in [0.05, 0.1) is 11.8 Å². The molecule has 1 aliphatic rings. The summed E-state index contributed by atoms with van der Waals surface area (Å²) >= 11 is 0. The van der Waals surface area contributed by atoms with Crippen LogP contribution in [0.5, 0.6) is 0 Å². The molecule has 0 saturated carbocycles. The van der Waals surface area contributed by atoms with E-state index in [1.807, 2.05) is 32.3 Å². The van der Waals surface area contributed by atoms with Crippen molar-refractivity contribution in [1.29, 1.82) is 0 Å². The molecule has 3 aromatic rings. The molecule has 1 aromatic carbocycles. The molecule has 0 aliphatic carbocycles. The Balaban J connectivity index is 1.38. The Bertz CT molecular complexity index is 939. The van der Waals surface area contributed by atoms with E-state index in [9.17, 15) is 4.79 Å². The normalized spacial score (nSPS) is 15.3. The van der Waals surface area contributed by atoms with Gasteiger partial charge in [-0.1, -0.05) is 12.1 Å². The second-order valence-electron chi connectivity index (χ2n) is 7.25. The van der Waals surface area contributed by atoms with Crippen LogP contribution < -0.4 is 4.90 Å². The summed E-state index contributed by atoms with van der Waals surface area (Å²) < 4.78 is 1.80. The molecule has 2 aromatic heterocycles. The van der Waals surface area contributed by atoms with E-state index in [-0.39, 0.29) is 5.91 Å². The highest BCUT2D eigenvalue weighted by atomic mass is 16.2. The molecule has 0 bridgehead atoms. The van der Waals surface area contributed by atoms with E-state index in [4.69, 9.17) is 0 Å². The Hall–Kier alpha value is -2.96. The van der Waals surface area contributed by atoms with Crippen LogP contribution >= 0.6 is 0 Å². The molecule has 0 unspecified atom stereocenters. The van der Waals surface area contributed by atoms with Gasteiger partial charge in [0.1, 0.15) is 17.8 Å². The van der Waals surface area contributed by atoms with Crippen molar-refractivity contribution < 1.29 is 4.79 Å². The Morgan fingerprint density at radius 2 is 1.96 bits per heavy atom. The molecule has 7 heteroatoms. The van der Waals surface area contributed by atoms with Crippen LogP contribution in [0.2, 0.25) is 0 Å². The number of carbonyl (C=O) groups excluding carboxylic acids is 1. The number of carbonyl (C=O) groups is 1. The first-order valence-electron chi connectivity index (χ1n) is 9.30. The summed E-state index contributed by atoms with van der Waals surface area (Å²) in [6.07, 6.45) is 7.15. The predicted molar refractivity (Wildman–Crippen MR) is 105 cm³/mol. The molecular weight excluding hydrogens is 340 g/mol. The second-order valence-corrected chi connectivity index (χ2v) is 7.25. The van der Waals surface area contributed by atoms with Gasteiger partial charge in [-0.15, -0.1) is 0 Å². The average Bonchev–Trinajstić information content (AvgIpc) is 3.14. The van der Waals surface area contributed by atoms with Gasteiger partial charge in [0.25, 0.3) is 5.91 Å². The van der Waals surface area contributed by atoms with E-state index in [1.54, 1.807) is 28.3 Å². The second kappa shape index (κ2) is 7.34. The number of imidazole rings is 1. The van der Waals surface area contributed by atoms with Crippen LogP contribution in [-0.2, 0) is 7.05 Å². The van der Waals surface area contributed by atoms with Crippen molar-refractivity contribution in [3.63, 3.8) is 0 Å². The van der Waals surface area contributed by atoms with Crippen LogP contribution in [0, 0.1) is 5.92 Å². The van der Waals surface area contributed by atoms with Crippen LogP contribution in [-0.4, -0.2) is 57.0 Å². The average molecular weight is 364 g/mol. The van der Waals surface area contributed by atoms with Gasteiger partial charge in [-0.2, -0.15) is 0 Å². The maximum atomic E-state index is 12.5. The van der Waals surface area contributed by atoms with Crippen LogP contribution in [0.4, 0.5) is 5.82 Å². The molecule has 1 aliphatic heterocycles. The minimum absolute atomic E-state index is 0.0141. The van der Waals surface area contributed by atoms with E-state index in [2.05, 4.69) is 25.9 Å². The number of benzene rings is 1. The number of rotatable bonds is 4. The molecular formula is C20H24N6O. The molecule has 1 amide bonds. The fourth-order valence-electron chi connectivity index (χ4n) is 3.76. The number of amides is 1. The van der Waals surface area contributed by atoms with Crippen LogP contribution in [0.1, 0.15) is 23.3 Å². The van der Waals surface area contributed by atoms with Gasteiger partial charge in [0.2, 0.25) is 0 Å². The fraction of sp³-hybridized carbons (Fsp3) is 0.400. The number of para-hydroxylation sites is 1. The van der Waals surface area contributed by atoms with Gasteiger partial charge in [-0.3, -0.25) is 4.79 Å². The fourth-order valence-corrected chi connectivity index (χ4v) is 3.76. The first-order chi connectivity index (χ1) is 13.1. The predicted octanol–water partition coefficient (Wildman–Crippen LogP) is 2.35. The quantitative estimate of drug-likeness (QED) is 0.711. The number of aromatic nitrogens is 4. The summed E-state index contributed by atoms with van der Waals surface area (Å²) in [6, 6.07) is 8.13. The third kappa shape index (κ3) is 3.63. The van der Waals surface area contributed by atoms with Crippen molar-refractivity contribution in [3.8, 4) is 0 Å². The van der Waals surface area contributed by atoms with Crippen molar-refractivity contribution in [3.05, 3.63) is 48.8 Å². The molecule has 0 N–H and O–H groups in total. The molecule has 27 heavy (non-hydrogen) atoms. The lowest BCUT2D eigenvalue weighted by atomic mass is 9.96. The van der Waals surface area contributed by atoms with Crippen molar-refractivity contribution >= 4 is 22.6 Å². The molecule has 0 spiro atoms. The summed E-state index contributed by atoms with van der Waals surface area (Å²) in [5.74, 6) is 1.49. The Morgan fingerprint density at radius 3 is 2.70 bits per heavy atom. The minimum atomic E-state index is -0.0141.